The average molecular weight is 628 g/mol. The second-order valence-corrected chi connectivity index (χ2v) is 12.0. The topological polar surface area (TPSA) is 51.8 Å². The largest absolute Gasteiger partial charge is 0.453 e. The van der Waals surface area contributed by atoms with Gasteiger partial charge in [-0.25, -0.2) is 15.0 Å². The summed E-state index contributed by atoms with van der Waals surface area (Å²) in [6.45, 7) is 0. The minimum absolute atomic E-state index is 0.695. The van der Waals surface area contributed by atoms with Crippen molar-refractivity contribution in [1.29, 1.82) is 0 Å². The van der Waals surface area contributed by atoms with E-state index in [9.17, 15) is 0 Å². The molecule has 0 aliphatic heterocycles. The lowest BCUT2D eigenvalue weighted by Gasteiger charge is -2.11. The van der Waals surface area contributed by atoms with Gasteiger partial charge in [0.15, 0.2) is 11.4 Å². The lowest BCUT2D eigenvalue weighted by molar-refractivity contribution is 0.632. The predicted octanol–water partition coefficient (Wildman–Crippen LogP) is 11.8. The molecule has 9 aromatic rings. The van der Waals surface area contributed by atoms with Gasteiger partial charge in [-0.3, -0.25) is 0 Å². The summed E-state index contributed by atoms with van der Waals surface area (Å²) in [6, 6.07) is 60.1. The molecule has 4 heteroatoms. The number of pyridine rings is 1. The van der Waals surface area contributed by atoms with Crippen LogP contribution in [0.2, 0.25) is 0 Å². The van der Waals surface area contributed by atoms with Gasteiger partial charge in [0, 0.05) is 44.2 Å². The van der Waals surface area contributed by atoms with Gasteiger partial charge in [0.05, 0.1) is 16.9 Å². The highest BCUT2D eigenvalue weighted by Gasteiger charge is 2.24. The summed E-state index contributed by atoms with van der Waals surface area (Å²) in [5, 5.41) is 2.11. The lowest BCUT2D eigenvalue weighted by atomic mass is 9.94. The fourth-order valence-electron chi connectivity index (χ4n) is 6.54. The smallest absolute Gasteiger partial charge is 0.162 e. The number of rotatable bonds is 6. The van der Waals surface area contributed by atoms with Crippen LogP contribution < -0.4 is 0 Å². The zero-order valence-corrected chi connectivity index (χ0v) is 26.5. The molecule has 0 radical (unpaired) electrons. The van der Waals surface area contributed by atoms with E-state index in [-0.39, 0.29) is 0 Å². The van der Waals surface area contributed by atoms with Gasteiger partial charge in [-0.05, 0) is 17.7 Å². The lowest BCUT2D eigenvalue weighted by Crippen LogP contribution is -1.95. The van der Waals surface area contributed by atoms with Crippen LogP contribution in [0.4, 0.5) is 0 Å². The van der Waals surface area contributed by atoms with Gasteiger partial charge in [-0.2, -0.15) is 0 Å². The summed E-state index contributed by atoms with van der Waals surface area (Å²) >= 11 is 0. The van der Waals surface area contributed by atoms with Crippen LogP contribution in [0.15, 0.2) is 180 Å². The Kier molecular flexibility index (Phi) is 7.10. The van der Waals surface area contributed by atoms with E-state index in [4.69, 9.17) is 19.4 Å². The van der Waals surface area contributed by atoms with Crippen molar-refractivity contribution >= 4 is 21.9 Å². The van der Waals surface area contributed by atoms with Crippen molar-refractivity contribution in [3.63, 3.8) is 0 Å². The summed E-state index contributed by atoms with van der Waals surface area (Å²) in [5.41, 5.74) is 11.4. The second-order valence-electron chi connectivity index (χ2n) is 12.0. The first-order valence-electron chi connectivity index (χ1n) is 16.4. The predicted molar refractivity (Wildman–Crippen MR) is 200 cm³/mol. The van der Waals surface area contributed by atoms with Crippen LogP contribution in [0, 0.1) is 0 Å². The summed E-state index contributed by atoms with van der Waals surface area (Å²) < 4.78 is 6.89. The van der Waals surface area contributed by atoms with Gasteiger partial charge in [-0.15, -0.1) is 0 Å². The SMILES string of the molecule is c1ccc(-c2cc(-c3ccc(-c4c(-c5ccccc5)oc5c(-c6ccccc6)nc6ccccc6c45)cc3)nc(-c3ccccc3)n2)cc1. The number of para-hydroxylation sites is 1. The van der Waals surface area contributed by atoms with Crippen molar-refractivity contribution in [3.8, 4) is 67.6 Å². The Morgan fingerprint density at radius 3 is 1.51 bits per heavy atom. The molecule has 0 spiro atoms. The van der Waals surface area contributed by atoms with Crippen molar-refractivity contribution in [3.05, 3.63) is 176 Å². The summed E-state index contributed by atoms with van der Waals surface area (Å²) in [7, 11) is 0. The Bertz CT molecular complexity index is 2500. The number of hydrogen-bond acceptors (Lipinski definition) is 4. The van der Waals surface area contributed by atoms with Crippen LogP contribution in [0.25, 0.3) is 89.5 Å². The van der Waals surface area contributed by atoms with E-state index >= 15 is 0 Å². The van der Waals surface area contributed by atoms with Crippen LogP contribution in [0.1, 0.15) is 0 Å². The number of aromatic nitrogens is 3. The molecule has 230 valence electrons. The Labute approximate surface area is 284 Å². The van der Waals surface area contributed by atoms with Crippen LogP contribution in [-0.4, -0.2) is 15.0 Å². The fourth-order valence-corrected chi connectivity index (χ4v) is 6.54. The van der Waals surface area contributed by atoms with E-state index in [1.807, 2.05) is 78.9 Å². The van der Waals surface area contributed by atoms with Gasteiger partial charge in [0.2, 0.25) is 0 Å². The van der Waals surface area contributed by atoms with E-state index in [0.29, 0.717) is 5.82 Å². The van der Waals surface area contributed by atoms with Gasteiger partial charge in [-0.1, -0.05) is 164 Å². The third-order valence-electron chi connectivity index (χ3n) is 8.91. The quantitative estimate of drug-likeness (QED) is 0.184. The first kappa shape index (κ1) is 28.6. The third-order valence-corrected chi connectivity index (χ3v) is 8.91. The van der Waals surface area contributed by atoms with Crippen LogP contribution in [0.5, 0.6) is 0 Å². The zero-order chi connectivity index (χ0) is 32.6. The monoisotopic (exact) mass is 627 g/mol. The minimum atomic E-state index is 0.695. The molecule has 0 aliphatic rings. The van der Waals surface area contributed by atoms with Gasteiger partial charge >= 0.3 is 0 Å². The standard InChI is InChI=1S/C45H29N3O/c1-5-15-30(16-6-1)38-29-39(48-45(47-38)35-21-11-4-12-22-35)31-25-27-32(28-26-31)40-41-36-23-13-14-24-37(36)46-42(33-17-7-2-8-18-33)44(41)49-43(40)34-19-9-3-10-20-34/h1-29H. The van der Waals surface area contributed by atoms with Crippen molar-refractivity contribution in [2.45, 2.75) is 0 Å². The zero-order valence-electron chi connectivity index (χ0n) is 26.5. The maximum absolute atomic E-state index is 6.89. The third kappa shape index (κ3) is 5.26. The summed E-state index contributed by atoms with van der Waals surface area (Å²) in [5.74, 6) is 1.51. The van der Waals surface area contributed by atoms with Crippen molar-refractivity contribution in [2.24, 2.45) is 0 Å². The van der Waals surface area contributed by atoms with E-state index in [2.05, 4.69) is 97.1 Å². The Morgan fingerprint density at radius 1 is 0.388 bits per heavy atom. The molecule has 3 aromatic heterocycles. The Morgan fingerprint density at radius 2 is 0.878 bits per heavy atom. The van der Waals surface area contributed by atoms with Gasteiger partial charge in [0.1, 0.15) is 11.5 Å². The molecule has 0 amide bonds. The fraction of sp³-hybridized carbons (Fsp3) is 0. The molecular formula is C45H29N3O. The first-order valence-corrected chi connectivity index (χ1v) is 16.4. The number of fused-ring (bicyclic) bond motifs is 3. The molecule has 0 aliphatic carbocycles. The maximum atomic E-state index is 6.89. The maximum Gasteiger partial charge on any atom is 0.162 e. The molecule has 0 fully saturated rings. The molecule has 0 saturated carbocycles. The van der Waals surface area contributed by atoms with Crippen LogP contribution >= 0.6 is 0 Å². The first-order chi connectivity index (χ1) is 24.3. The normalized spacial score (nSPS) is 11.3. The second kappa shape index (κ2) is 12.2. The number of furan rings is 1. The number of nitrogens with zero attached hydrogens (tertiary/aromatic N) is 3. The Balaban J connectivity index is 1.25. The highest BCUT2D eigenvalue weighted by Crippen LogP contribution is 2.46. The highest BCUT2D eigenvalue weighted by molar-refractivity contribution is 6.18. The molecule has 3 heterocycles. The molecule has 0 saturated heterocycles. The van der Waals surface area contributed by atoms with E-state index in [1.54, 1.807) is 0 Å². The van der Waals surface area contributed by atoms with Gasteiger partial charge < -0.3 is 4.42 Å². The van der Waals surface area contributed by atoms with Crippen molar-refractivity contribution in [2.75, 3.05) is 0 Å². The van der Waals surface area contributed by atoms with E-state index < -0.39 is 0 Å². The molecule has 0 bridgehead atoms. The van der Waals surface area contributed by atoms with E-state index in [0.717, 1.165) is 83.7 Å². The molecule has 49 heavy (non-hydrogen) atoms. The average Bonchev–Trinajstić information content (AvgIpc) is 3.60. The molecule has 4 nitrogen and oxygen atoms in total. The number of benzene rings is 6. The number of hydrogen-bond donors (Lipinski definition) is 0. The molecule has 0 N–H and O–H groups in total. The molecule has 9 rings (SSSR count). The molecule has 6 aromatic carbocycles. The molecule has 0 unspecified atom stereocenters. The molecule has 0 atom stereocenters. The summed E-state index contributed by atoms with van der Waals surface area (Å²) in [4.78, 5) is 15.2. The summed E-state index contributed by atoms with van der Waals surface area (Å²) in [6.07, 6.45) is 0. The van der Waals surface area contributed by atoms with Gasteiger partial charge in [0.25, 0.3) is 0 Å². The Hall–Kier alpha value is -6.65. The molecular weight excluding hydrogens is 599 g/mol. The highest BCUT2D eigenvalue weighted by atomic mass is 16.3. The minimum Gasteiger partial charge on any atom is -0.453 e. The van der Waals surface area contributed by atoms with Crippen molar-refractivity contribution in [1.82, 2.24) is 15.0 Å². The van der Waals surface area contributed by atoms with E-state index in [1.165, 1.54) is 0 Å². The van der Waals surface area contributed by atoms with Crippen LogP contribution in [-0.2, 0) is 0 Å². The van der Waals surface area contributed by atoms with Crippen molar-refractivity contribution < 1.29 is 4.42 Å². The van der Waals surface area contributed by atoms with Crippen LogP contribution in [0.3, 0.4) is 0 Å².